The summed E-state index contributed by atoms with van der Waals surface area (Å²) in [7, 11) is 0. The van der Waals surface area contributed by atoms with Crippen LogP contribution >= 0.6 is 0 Å². The lowest BCUT2D eigenvalue weighted by Crippen LogP contribution is -2.09. The quantitative estimate of drug-likeness (QED) is 0.152. The molecular weight excluding hydrogens is 705 g/mol. The second-order valence-electron chi connectivity index (χ2n) is 14.7. The summed E-state index contributed by atoms with van der Waals surface area (Å²) < 4.78 is 6.35. The molecule has 0 fully saturated rings. The highest BCUT2D eigenvalue weighted by atomic mass is 16.3. The number of oxazole rings is 1. The highest BCUT2D eigenvalue weighted by Crippen LogP contribution is 2.41. The molecule has 0 amide bonds. The Morgan fingerprint density at radius 1 is 0.328 bits per heavy atom. The minimum Gasteiger partial charge on any atom is -0.435 e. The number of benzene rings is 10. The van der Waals surface area contributed by atoms with Crippen molar-refractivity contribution < 1.29 is 4.42 Å². The first-order chi connectivity index (χ1) is 28.7. The highest BCUT2D eigenvalue weighted by Gasteiger charge is 2.17. The molecule has 3 nitrogen and oxygen atoms in total. The zero-order chi connectivity index (χ0) is 38.4. The summed E-state index contributed by atoms with van der Waals surface area (Å²) in [6.45, 7) is 0. The van der Waals surface area contributed by atoms with Gasteiger partial charge in [-0.2, -0.15) is 0 Å². The first-order valence-electron chi connectivity index (χ1n) is 19.7. The lowest BCUT2D eigenvalue weighted by Gasteiger charge is -2.26. The third-order valence-corrected chi connectivity index (χ3v) is 11.3. The molecule has 58 heavy (non-hydrogen) atoms. The lowest BCUT2D eigenvalue weighted by molar-refractivity contribution is 0.623. The van der Waals surface area contributed by atoms with E-state index in [0.29, 0.717) is 5.89 Å². The van der Waals surface area contributed by atoms with Gasteiger partial charge in [-0.1, -0.05) is 158 Å². The Morgan fingerprint density at radius 2 is 0.776 bits per heavy atom. The van der Waals surface area contributed by atoms with Gasteiger partial charge in [0.2, 0.25) is 5.89 Å². The van der Waals surface area contributed by atoms with Crippen LogP contribution < -0.4 is 4.90 Å². The van der Waals surface area contributed by atoms with Crippen LogP contribution in [-0.2, 0) is 0 Å². The molecule has 0 aliphatic carbocycles. The molecule has 11 rings (SSSR count). The van der Waals surface area contributed by atoms with E-state index in [2.05, 4.69) is 193 Å². The Bertz CT molecular complexity index is 3240. The maximum absolute atomic E-state index is 6.35. The van der Waals surface area contributed by atoms with E-state index in [1.165, 1.54) is 32.7 Å². The average molecular weight is 741 g/mol. The fourth-order valence-electron chi connectivity index (χ4n) is 8.45. The summed E-state index contributed by atoms with van der Waals surface area (Å²) in [6, 6.07) is 77.7. The van der Waals surface area contributed by atoms with Gasteiger partial charge in [-0.3, -0.25) is 0 Å². The van der Waals surface area contributed by atoms with E-state index in [1.807, 2.05) is 30.3 Å². The van der Waals surface area contributed by atoms with Gasteiger partial charge in [0.05, 0.1) is 0 Å². The van der Waals surface area contributed by atoms with E-state index in [4.69, 9.17) is 9.40 Å². The SMILES string of the molecule is c1ccc(-c2nc3cc(-c4ccc(-c5ccc(N(c6ccccc6)c6ccc(-c7cc8ccccc8c8ccccc78)cc6)cc5)cc4)c4ccccc4c3o2)cc1. The van der Waals surface area contributed by atoms with Crippen LogP contribution in [0, 0.1) is 0 Å². The molecule has 1 heterocycles. The molecule has 272 valence electrons. The lowest BCUT2D eigenvalue weighted by atomic mass is 9.93. The molecule has 0 unspecified atom stereocenters. The van der Waals surface area contributed by atoms with Crippen molar-refractivity contribution in [2.75, 3.05) is 4.90 Å². The molecule has 0 saturated carbocycles. The molecule has 0 spiro atoms. The Kier molecular flexibility index (Phi) is 8.15. The number of anilines is 3. The normalized spacial score (nSPS) is 11.4. The van der Waals surface area contributed by atoms with Crippen molar-refractivity contribution in [3.63, 3.8) is 0 Å². The fraction of sp³-hybridized carbons (Fsp3) is 0. The third-order valence-electron chi connectivity index (χ3n) is 11.3. The molecule has 10 aromatic carbocycles. The molecule has 0 radical (unpaired) electrons. The van der Waals surface area contributed by atoms with Crippen LogP contribution in [-0.4, -0.2) is 4.98 Å². The summed E-state index contributed by atoms with van der Waals surface area (Å²) in [4.78, 5) is 7.24. The van der Waals surface area contributed by atoms with Crippen molar-refractivity contribution in [2.24, 2.45) is 0 Å². The van der Waals surface area contributed by atoms with Crippen LogP contribution in [0.5, 0.6) is 0 Å². The second-order valence-corrected chi connectivity index (χ2v) is 14.7. The van der Waals surface area contributed by atoms with E-state index < -0.39 is 0 Å². The van der Waals surface area contributed by atoms with Crippen molar-refractivity contribution in [1.29, 1.82) is 0 Å². The molecule has 0 atom stereocenters. The van der Waals surface area contributed by atoms with E-state index in [1.54, 1.807) is 0 Å². The molecule has 0 bridgehead atoms. The van der Waals surface area contributed by atoms with Crippen molar-refractivity contribution in [3.05, 3.63) is 218 Å². The fourth-order valence-corrected chi connectivity index (χ4v) is 8.45. The summed E-state index contributed by atoms with van der Waals surface area (Å²) in [6.07, 6.45) is 0. The van der Waals surface area contributed by atoms with Crippen LogP contribution in [0.3, 0.4) is 0 Å². The van der Waals surface area contributed by atoms with Gasteiger partial charge in [0.25, 0.3) is 0 Å². The first-order valence-corrected chi connectivity index (χ1v) is 19.7. The number of fused-ring (bicyclic) bond motifs is 6. The topological polar surface area (TPSA) is 29.3 Å². The molecular formula is C55H36N2O. The average Bonchev–Trinajstić information content (AvgIpc) is 3.75. The van der Waals surface area contributed by atoms with Crippen LogP contribution in [0.25, 0.3) is 88.3 Å². The van der Waals surface area contributed by atoms with Gasteiger partial charge in [-0.15, -0.1) is 0 Å². The van der Waals surface area contributed by atoms with Gasteiger partial charge in [0, 0.05) is 28.0 Å². The number of rotatable bonds is 7. The predicted octanol–water partition coefficient (Wildman–Crippen LogP) is 15.4. The maximum Gasteiger partial charge on any atom is 0.227 e. The van der Waals surface area contributed by atoms with Crippen LogP contribution in [0.2, 0.25) is 0 Å². The zero-order valence-electron chi connectivity index (χ0n) is 31.6. The zero-order valence-corrected chi connectivity index (χ0v) is 31.6. The number of hydrogen-bond acceptors (Lipinski definition) is 3. The number of nitrogens with zero attached hydrogens (tertiary/aromatic N) is 2. The van der Waals surface area contributed by atoms with Crippen molar-refractivity contribution in [1.82, 2.24) is 4.98 Å². The molecule has 3 heteroatoms. The summed E-state index contributed by atoms with van der Waals surface area (Å²) in [5.74, 6) is 0.634. The van der Waals surface area contributed by atoms with Gasteiger partial charge in [-0.25, -0.2) is 4.98 Å². The molecule has 0 saturated heterocycles. The van der Waals surface area contributed by atoms with E-state index in [0.717, 1.165) is 66.8 Å². The predicted molar refractivity (Wildman–Crippen MR) is 243 cm³/mol. The molecule has 0 N–H and O–H groups in total. The third kappa shape index (κ3) is 5.89. The van der Waals surface area contributed by atoms with Crippen LogP contribution in [0.1, 0.15) is 0 Å². The Morgan fingerprint density at radius 3 is 1.43 bits per heavy atom. The number of para-hydroxylation sites is 1. The van der Waals surface area contributed by atoms with Gasteiger partial charge in [0.15, 0.2) is 5.58 Å². The molecule has 11 aromatic rings. The minimum absolute atomic E-state index is 0.634. The van der Waals surface area contributed by atoms with E-state index in [9.17, 15) is 0 Å². The van der Waals surface area contributed by atoms with Crippen LogP contribution in [0.15, 0.2) is 223 Å². The number of hydrogen-bond donors (Lipinski definition) is 0. The van der Waals surface area contributed by atoms with Gasteiger partial charge >= 0.3 is 0 Å². The minimum atomic E-state index is 0.634. The van der Waals surface area contributed by atoms with Gasteiger partial charge in [0.1, 0.15) is 5.52 Å². The Hall–Kier alpha value is -7.75. The summed E-state index contributed by atoms with van der Waals surface area (Å²) in [5, 5.41) is 7.27. The number of aromatic nitrogens is 1. The second kappa shape index (κ2) is 14.1. The Balaban J connectivity index is 0.914. The van der Waals surface area contributed by atoms with E-state index >= 15 is 0 Å². The maximum atomic E-state index is 6.35. The summed E-state index contributed by atoms with van der Waals surface area (Å²) >= 11 is 0. The summed E-state index contributed by atoms with van der Waals surface area (Å²) in [5.41, 5.74) is 13.0. The standard InChI is InChI=1S/C55H36N2O/c1-3-13-41(14-4-1)55-56-53-36-52(49-21-11-12-22-50(49)54(53)58-55)39-25-23-37(24-26-39)38-27-31-44(32-28-38)57(43-16-5-2-6-17-43)45-33-29-40(30-34-45)51-35-42-15-7-8-18-46(42)47-19-9-10-20-48(47)51/h1-36H. The largest absolute Gasteiger partial charge is 0.435 e. The van der Waals surface area contributed by atoms with Crippen molar-refractivity contribution >= 4 is 60.5 Å². The van der Waals surface area contributed by atoms with Crippen molar-refractivity contribution in [2.45, 2.75) is 0 Å². The van der Waals surface area contributed by atoms with E-state index in [-0.39, 0.29) is 0 Å². The van der Waals surface area contributed by atoms with Crippen LogP contribution in [0.4, 0.5) is 17.1 Å². The van der Waals surface area contributed by atoms with Gasteiger partial charge < -0.3 is 9.32 Å². The highest BCUT2D eigenvalue weighted by molar-refractivity contribution is 6.14. The monoisotopic (exact) mass is 740 g/mol. The Labute approximate surface area is 336 Å². The van der Waals surface area contributed by atoms with Crippen molar-refractivity contribution in [3.8, 4) is 44.8 Å². The molecule has 0 aliphatic heterocycles. The van der Waals surface area contributed by atoms with Gasteiger partial charge in [-0.05, 0) is 121 Å². The molecule has 1 aromatic heterocycles. The molecule has 0 aliphatic rings. The first kappa shape index (κ1) is 33.6. The smallest absolute Gasteiger partial charge is 0.227 e.